The minimum atomic E-state index is 0.353. The van der Waals surface area contributed by atoms with E-state index in [2.05, 4.69) is 13.8 Å². The summed E-state index contributed by atoms with van der Waals surface area (Å²) in [4.78, 5) is 1.99. The number of hydrogen-bond acceptors (Lipinski definition) is 1. The van der Waals surface area contributed by atoms with Gasteiger partial charge in [0, 0.05) is 29.8 Å². The van der Waals surface area contributed by atoms with E-state index in [1.165, 1.54) is 0 Å². The Kier molecular flexibility index (Phi) is 3.68. The number of halogens is 2. The Balaban J connectivity index is 3.25. The minimum absolute atomic E-state index is 0.353. The fourth-order valence-electron chi connectivity index (χ4n) is 1.38. The highest BCUT2D eigenvalue weighted by Gasteiger charge is 2.11. The van der Waals surface area contributed by atoms with E-state index in [4.69, 9.17) is 23.2 Å². The summed E-state index contributed by atoms with van der Waals surface area (Å²) in [6, 6.07) is 3.89. The lowest BCUT2D eigenvalue weighted by atomic mass is 10.0. The molecule has 1 nitrogen and oxygen atoms in total. The highest BCUT2D eigenvalue weighted by Crippen LogP contribution is 2.34. The third kappa shape index (κ3) is 2.34. The highest BCUT2D eigenvalue weighted by atomic mass is 35.5. The molecule has 1 aromatic rings. The van der Waals surface area contributed by atoms with Crippen LogP contribution in [0, 0.1) is 0 Å². The maximum absolute atomic E-state index is 6.16. The molecule has 0 aliphatic rings. The number of nitrogens with zero attached hydrogens (tertiary/aromatic N) is 1. The van der Waals surface area contributed by atoms with Crippen molar-refractivity contribution in [2.24, 2.45) is 0 Å². The van der Waals surface area contributed by atoms with Crippen molar-refractivity contribution in [2.75, 3.05) is 19.0 Å². The molecule has 0 bridgehead atoms. The normalized spacial score (nSPS) is 10.8. The first-order valence-corrected chi connectivity index (χ1v) is 5.35. The number of anilines is 1. The molecule has 0 fully saturated rings. The van der Waals surface area contributed by atoms with Gasteiger partial charge in [-0.3, -0.25) is 0 Å². The number of hydrogen-bond donors (Lipinski definition) is 0. The quantitative estimate of drug-likeness (QED) is 0.739. The van der Waals surface area contributed by atoms with Gasteiger partial charge >= 0.3 is 0 Å². The Morgan fingerprint density at radius 3 is 1.79 bits per heavy atom. The third-order valence-electron chi connectivity index (χ3n) is 2.16. The molecule has 3 heteroatoms. The Bertz CT molecular complexity index is 309. The van der Waals surface area contributed by atoms with Gasteiger partial charge in [-0.2, -0.15) is 0 Å². The standard InChI is InChI=1S/C11H15Cl2N/c1-7(2)11-9(12)5-8(14(3)4)6-10(11)13/h5-7H,1-4H3. The van der Waals surface area contributed by atoms with Gasteiger partial charge in [-0.05, 0) is 23.6 Å². The van der Waals surface area contributed by atoms with Gasteiger partial charge in [-0.15, -0.1) is 0 Å². The van der Waals surface area contributed by atoms with Gasteiger partial charge in [-0.1, -0.05) is 37.0 Å². The zero-order valence-corrected chi connectivity index (χ0v) is 10.4. The SMILES string of the molecule is CC(C)c1c(Cl)cc(N(C)C)cc1Cl. The monoisotopic (exact) mass is 231 g/mol. The molecule has 0 heterocycles. The zero-order chi connectivity index (χ0) is 10.9. The zero-order valence-electron chi connectivity index (χ0n) is 8.94. The largest absolute Gasteiger partial charge is 0.378 e. The average molecular weight is 232 g/mol. The Labute approximate surface area is 95.6 Å². The van der Waals surface area contributed by atoms with Crippen molar-refractivity contribution >= 4 is 28.9 Å². The summed E-state index contributed by atoms with van der Waals surface area (Å²) in [5, 5.41) is 1.49. The van der Waals surface area contributed by atoms with Gasteiger partial charge in [0.15, 0.2) is 0 Å². The topological polar surface area (TPSA) is 3.24 Å². The summed E-state index contributed by atoms with van der Waals surface area (Å²) < 4.78 is 0. The van der Waals surface area contributed by atoms with Crippen LogP contribution in [-0.4, -0.2) is 14.1 Å². The van der Waals surface area contributed by atoms with E-state index < -0.39 is 0 Å². The molecule has 0 aromatic heterocycles. The summed E-state index contributed by atoms with van der Waals surface area (Å²) in [6.45, 7) is 4.17. The van der Waals surface area contributed by atoms with Crippen molar-refractivity contribution in [3.8, 4) is 0 Å². The van der Waals surface area contributed by atoms with Crippen LogP contribution < -0.4 is 4.90 Å². The molecule has 1 rings (SSSR count). The summed E-state index contributed by atoms with van der Waals surface area (Å²) >= 11 is 12.3. The van der Waals surface area contributed by atoms with E-state index in [0.717, 1.165) is 21.3 Å². The van der Waals surface area contributed by atoms with Crippen LogP contribution in [-0.2, 0) is 0 Å². The van der Waals surface area contributed by atoms with Crippen molar-refractivity contribution in [3.05, 3.63) is 27.7 Å². The van der Waals surface area contributed by atoms with Crippen LogP contribution in [0.5, 0.6) is 0 Å². The van der Waals surface area contributed by atoms with Crippen LogP contribution in [0.2, 0.25) is 10.0 Å². The van der Waals surface area contributed by atoms with E-state index in [0.29, 0.717) is 5.92 Å². The third-order valence-corrected chi connectivity index (χ3v) is 2.78. The van der Waals surface area contributed by atoms with Crippen molar-refractivity contribution in [1.82, 2.24) is 0 Å². The van der Waals surface area contributed by atoms with Crippen molar-refractivity contribution in [2.45, 2.75) is 19.8 Å². The van der Waals surface area contributed by atoms with Crippen molar-refractivity contribution in [3.63, 3.8) is 0 Å². The molecule has 0 unspecified atom stereocenters. The van der Waals surface area contributed by atoms with Crippen molar-refractivity contribution < 1.29 is 0 Å². The first kappa shape index (κ1) is 11.7. The Hall–Kier alpha value is -0.400. The molecule has 0 saturated carbocycles. The van der Waals surface area contributed by atoms with Gasteiger partial charge in [0.05, 0.1) is 0 Å². The molecule has 0 radical (unpaired) electrons. The smallest absolute Gasteiger partial charge is 0.0476 e. The van der Waals surface area contributed by atoms with Crippen molar-refractivity contribution in [1.29, 1.82) is 0 Å². The summed E-state index contributed by atoms with van der Waals surface area (Å²) in [5.74, 6) is 0.353. The molecule has 0 N–H and O–H groups in total. The van der Waals surface area contributed by atoms with Gasteiger partial charge in [0.1, 0.15) is 0 Å². The fourth-order valence-corrected chi connectivity index (χ4v) is 2.29. The minimum Gasteiger partial charge on any atom is -0.378 e. The van der Waals surface area contributed by atoms with Crippen LogP contribution in [0.15, 0.2) is 12.1 Å². The number of rotatable bonds is 2. The molecule has 14 heavy (non-hydrogen) atoms. The maximum Gasteiger partial charge on any atom is 0.0476 e. The highest BCUT2D eigenvalue weighted by molar-refractivity contribution is 6.36. The molecular weight excluding hydrogens is 217 g/mol. The van der Waals surface area contributed by atoms with Crippen LogP contribution in [0.1, 0.15) is 25.3 Å². The van der Waals surface area contributed by atoms with Gasteiger partial charge in [0.2, 0.25) is 0 Å². The fraction of sp³-hybridized carbons (Fsp3) is 0.455. The van der Waals surface area contributed by atoms with E-state index in [-0.39, 0.29) is 0 Å². The summed E-state index contributed by atoms with van der Waals surface area (Å²) in [5.41, 5.74) is 2.06. The molecule has 78 valence electrons. The van der Waals surface area contributed by atoms with E-state index in [9.17, 15) is 0 Å². The van der Waals surface area contributed by atoms with Crippen LogP contribution in [0.3, 0.4) is 0 Å². The molecule has 0 aliphatic carbocycles. The Morgan fingerprint density at radius 1 is 1.07 bits per heavy atom. The summed E-state index contributed by atoms with van der Waals surface area (Å²) in [7, 11) is 3.94. The van der Waals surface area contributed by atoms with Gasteiger partial charge in [-0.25, -0.2) is 0 Å². The molecule has 0 saturated heterocycles. The van der Waals surface area contributed by atoms with E-state index in [1.54, 1.807) is 0 Å². The van der Waals surface area contributed by atoms with E-state index >= 15 is 0 Å². The predicted molar refractivity (Wildman–Crippen MR) is 64.9 cm³/mol. The lowest BCUT2D eigenvalue weighted by Gasteiger charge is -2.17. The number of benzene rings is 1. The molecular formula is C11H15Cl2N. The first-order valence-electron chi connectivity index (χ1n) is 4.59. The molecule has 1 aromatic carbocycles. The van der Waals surface area contributed by atoms with E-state index in [1.807, 2.05) is 31.1 Å². The van der Waals surface area contributed by atoms with Gasteiger partial charge in [0.25, 0.3) is 0 Å². The second-order valence-electron chi connectivity index (χ2n) is 3.87. The van der Waals surface area contributed by atoms with Crippen LogP contribution in [0.4, 0.5) is 5.69 Å². The average Bonchev–Trinajstić information content (AvgIpc) is 2.01. The maximum atomic E-state index is 6.16. The second-order valence-corrected chi connectivity index (χ2v) is 4.69. The molecule has 0 amide bonds. The first-order chi connectivity index (χ1) is 6.43. The molecule has 0 aliphatic heterocycles. The van der Waals surface area contributed by atoms with Crippen LogP contribution >= 0.6 is 23.2 Å². The Morgan fingerprint density at radius 2 is 1.50 bits per heavy atom. The van der Waals surface area contributed by atoms with Gasteiger partial charge < -0.3 is 4.90 Å². The second kappa shape index (κ2) is 4.41. The predicted octanol–water partition coefficient (Wildman–Crippen LogP) is 4.18. The van der Waals surface area contributed by atoms with Crippen LogP contribution in [0.25, 0.3) is 0 Å². The molecule has 0 spiro atoms. The lowest BCUT2D eigenvalue weighted by molar-refractivity contribution is 0.866. The molecule has 0 atom stereocenters. The lowest BCUT2D eigenvalue weighted by Crippen LogP contribution is -2.09. The summed E-state index contributed by atoms with van der Waals surface area (Å²) in [6.07, 6.45) is 0.